The fraction of sp³-hybridized carbons (Fsp3) is 0.143. The van der Waals surface area contributed by atoms with Crippen LogP contribution in [0.3, 0.4) is 0 Å². The number of nitrogens with zero attached hydrogens (tertiary/aromatic N) is 2. The van der Waals surface area contributed by atoms with Crippen LogP contribution in [0.1, 0.15) is 16.8 Å². The lowest BCUT2D eigenvalue weighted by Crippen LogP contribution is -2.27. The quantitative estimate of drug-likeness (QED) is 0.633. The molecule has 1 aliphatic heterocycles. The first-order chi connectivity index (χ1) is 12.6. The molecular weight excluding hydrogens is 344 g/mol. The number of hydrogen-bond acceptors (Lipinski definition) is 3. The normalized spacial score (nSPS) is 16.2. The average Bonchev–Trinajstić information content (AvgIpc) is 3.06. The number of thioether (sulfide) groups is 1. The van der Waals surface area contributed by atoms with Crippen molar-refractivity contribution in [2.45, 2.75) is 13.5 Å². The van der Waals surface area contributed by atoms with Gasteiger partial charge in [0, 0.05) is 29.2 Å². The van der Waals surface area contributed by atoms with Gasteiger partial charge in [-0.25, -0.2) is 0 Å². The number of imide groups is 1. The number of carbonyl (C=O) groups excluding carboxylic acids is 2. The van der Waals surface area contributed by atoms with Crippen LogP contribution in [0.2, 0.25) is 0 Å². The van der Waals surface area contributed by atoms with Crippen LogP contribution in [0.15, 0.2) is 59.5 Å². The summed E-state index contributed by atoms with van der Waals surface area (Å²) in [7, 11) is 2.01. The van der Waals surface area contributed by atoms with Crippen LogP contribution in [0.25, 0.3) is 17.0 Å². The van der Waals surface area contributed by atoms with E-state index in [0.29, 0.717) is 11.4 Å². The number of amides is 2. The topological polar surface area (TPSA) is 42.3 Å². The summed E-state index contributed by atoms with van der Waals surface area (Å²) in [5.74, 6) is -0.226. The number of hydrogen-bond donors (Lipinski definition) is 0. The van der Waals surface area contributed by atoms with Gasteiger partial charge >= 0.3 is 0 Å². The monoisotopic (exact) mass is 362 g/mol. The zero-order chi connectivity index (χ0) is 18.3. The van der Waals surface area contributed by atoms with E-state index in [1.807, 2.05) is 68.6 Å². The highest BCUT2D eigenvalue weighted by Gasteiger charge is 2.35. The first-order valence-electron chi connectivity index (χ1n) is 8.39. The van der Waals surface area contributed by atoms with Gasteiger partial charge in [-0.2, -0.15) is 0 Å². The van der Waals surface area contributed by atoms with Crippen molar-refractivity contribution in [1.82, 2.24) is 9.47 Å². The number of carbonyl (C=O) groups is 2. The number of aromatic nitrogens is 1. The van der Waals surface area contributed by atoms with E-state index in [4.69, 9.17) is 0 Å². The fourth-order valence-corrected chi connectivity index (χ4v) is 4.09. The third kappa shape index (κ3) is 2.74. The van der Waals surface area contributed by atoms with Gasteiger partial charge in [0.25, 0.3) is 11.1 Å². The summed E-state index contributed by atoms with van der Waals surface area (Å²) < 4.78 is 2.11. The molecule has 0 spiro atoms. The van der Waals surface area contributed by atoms with Crippen LogP contribution in [-0.2, 0) is 18.4 Å². The molecule has 0 aliphatic carbocycles. The van der Waals surface area contributed by atoms with Crippen LogP contribution in [0.4, 0.5) is 4.79 Å². The Morgan fingerprint density at radius 2 is 1.69 bits per heavy atom. The van der Waals surface area contributed by atoms with E-state index in [1.54, 1.807) is 0 Å². The van der Waals surface area contributed by atoms with E-state index in [-0.39, 0.29) is 11.1 Å². The number of fused-ring (bicyclic) bond motifs is 1. The van der Waals surface area contributed by atoms with Crippen LogP contribution >= 0.6 is 11.8 Å². The summed E-state index contributed by atoms with van der Waals surface area (Å²) in [5.41, 5.74) is 4.12. The SMILES string of the molecule is Cc1c(/C=C2\SC(=O)N(Cc3ccccc3)C2=O)c2ccccc2n1C. The highest BCUT2D eigenvalue weighted by molar-refractivity contribution is 8.18. The maximum absolute atomic E-state index is 12.8. The van der Waals surface area contributed by atoms with Gasteiger partial charge < -0.3 is 4.57 Å². The molecule has 1 aliphatic rings. The minimum atomic E-state index is -0.226. The van der Waals surface area contributed by atoms with Crippen molar-refractivity contribution < 1.29 is 9.59 Å². The molecule has 1 saturated heterocycles. The largest absolute Gasteiger partial charge is 0.347 e. The minimum Gasteiger partial charge on any atom is -0.347 e. The number of rotatable bonds is 3. The van der Waals surface area contributed by atoms with Gasteiger partial charge in [0.2, 0.25) is 0 Å². The van der Waals surface area contributed by atoms with Gasteiger partial charge in [-0.1, -0.05) is 48.5 Å². The molecule has 0 saturated carbocycles. The molecule has 4 rings (SSSR count). The van der Waals surface area contributed by atoms with Gasteiger partial charge in [0.15, 0.2) is 0 Å². The predicted molar refractivity (Wildman–Crippen MR) is 106 cm³/mol. The maximum atomic E-state index is 12.8. The molecule has 2 heterocycles. The Hall–Kier alpha value is -2.79. The Balaban J connectivity index is 1.70. The first kappa shape index (κ1) is 16.7. The molecular formula is C21H18N2O2S. The number of para-hydroxylation sites is 1. The molecule has 1 fully saturated rings. The highest BCUT2D eigenvalue weighted by Crippen LogP contribution is 2.35. The molecule has 0 bridgehead atoms. The summed E-state index contributed by atoms with van der Waals surface area (Å²) in [5, 5.41) is 0.866. The summed E-state index contributed by atoms with van der Waals surface area (Å²) in [6.45, 7) is 2.33. The Bertz CT molecular complexity index is 1050. The van der Waals surface area contributed by atoms with Gasteiger partial charge in [-0.05, 0) is 36.4 Å². The van der Waals surface area contributed by atoms with Crippen molar-refractivity contribution in [3.63, 3.8) is 0 Å². The molecule has 2 amide bonds. The highest BCUT2D eigenvalue weighted by atomic mass is 32.2. The second kappa shape index (κ2) is 6.50. The third-order valence-electron chi connectivity index (χ3n) is 4.78. The molecule has 5 heteroatoms. The van der Waals surface area contributed by atoms with E-state index in [2.05, 4.69) is 10.6 Å². The van der Waals surface area contributed by atoms with Crippen LogP contribution < -0.4 is 0 Å². The van der Waals surface area contributed by atoms with Crippen molar-refractivity contribution in [3.8, 4) is 0 Å². The van der Waals surface area contributed by atoms with E-state index < -0.39 is 0 Å². The summed E-state index contributed by atoms with van der Waals surface area (Å²) in [6.07, 6.45) is 1.85. The summed E-state index contributed by atoms with van der Waals surface area (Å²) in [6, 6.07) is 17.7. The lowest BCUT2D eigenvalue weighted by Gasteiger charge is -2.12. The molecule has 0 N–H and O–H groups in total. The molecule has 0 atom stereocenters. The summed E-state index contributed by atoms with van der Waals surface area (Å²) >= 11 is 1.01. The summed E-state index contributed by atoms with van der Waals surface area (Å²) in [4.78, 5) is 26.9. The van der Waals surface area contributed by atoms with Crippen molar-refractivity contribution >= 4 is 39.9 Å². The van der Waals surface area contributed by atoms with Gasteiger partial charge in [0.05, 0.1) is 11.4 Å². The molecule has 0 radical (unpaired) electrons. The fourth-order valence-electron chi connectivity index (χ4n) is 3.27. The standard InChI is InChI=1S/C21H18N2O2S/c1-14-17(16-10-6-7-11-18(16)22(14)2)12-19-20(24)23(21(25)26-19)13-15-8-4-3-5-9-15/h3-12H,13H2,1-2H3/b19-12-. The molecule has 0 unspecified atom stereocenters. The smallest absolute Gasteiger partial charge is 0.293 e. The molecule has 130 valence electrons. The van der Waals surface area contributed by atoms with E-state index in [9.17, 15) is 9.59 Å². The molecule has 3 aromatic rings. The number of aryl methyl sites for hydroxylation is 1. The Morgan fingerprint density at radius 3 is 2.46 bits per heavy atom. The zero-order valence-electron chi connectivity index (χ0n) is 14.6. The van der Waals surface area contributed by atoms with Gasteiger partial charge in [-0.15, -0.1) is 0 Å². The molecule has 2 aromatic carbocycles. The van der Waals surface area contributed by atoms with Crippen molar-refractivity contribution in [3.05, 3.63) is 76.3 Å². The van der Waals surface area contributed by atoms with Crippen LogP contribution in [0, 0.1) is 6.92 Å². The van der Waals surface area contributed by atoms with E-state index in [1.165, 1.54) is 4.90 Å². The van der Waals surface area contributed by atoms with Crippen molar-refractivity contribution in [1.29, 1.82) is 0 Å². The average molecular weight is 362 g/mol. The van der Waals surface area contributed by atoms with Crippen LogP contribution in [0.5, 0.6) is 0 Å². The molecule has 4 nitrogen and oxygen atoms in total. The second-order valence-corrected chi connectivity index (χ2v) is 7.32. The van der Waals surface area contributed by atoms with Gasteiger partial charge in [0.1, 0.15) is 0 Å². The first-order valence-corrected chi connectivity index (χ1v) is 9.21. The predicted octanol–water partition coefficient (Wildman–Crippen LogP) is 4.72. The van der Waals surface area contributed by atoms with E-state index in [0.717, 1.165) is 39.5 Å². The molecule has 26 heavy (non-hydrogen) atoms. The van der Waals surface area contributed by atoms with Crippen molar-refractivity contribution in [2.75, 3.05) is 0 Å². The lowest BCUT2D eigenvalue weighted by molar-refractivity contribution is -0.123. The minimum absolute atomic E-state index is 0.219. The second-order valence-electron chi connectivity index (χ2n) is 6.33. The molecule has 1 aromatic heterocycles. The van der Waals surface area contributed by atoms with Crippen LogP contribution in [-0.4, -0.2) is 20.6 Å². The van der Waals surface area contributed by atoms with Gasteiger partial charge in [-0.3, -0.25) is 14.5 Å². The van der Waals surface area contributed by atoms with Crippen molar-refractivity contribution in [2.24, 2.45) is 7.05 Å². The maximum Gasteiger partial charge on any atom is 0.293 e. The third-order valence-corrected chi connectivity index (χ3v) is 5.69. The van der Waals surface area contributed by atoms with E-state index >= 15 is 0 Å². The zero-order valence-corrected chi connectivity index (χ0v) is 15.4. The lowest BCUT2D eigenvalue weighted by atomic mass is 10.1. The Kier molecular flexibility index (Phi) is 4.17. The number of benzene rings is 2. The Labute approximate surface area is 156 Å². The Morgan fingerprint density at radius 1 is 1.00 bits per heavy atom.